The third-order valence-electron chi connectivity index (χ3n) is 1.87. The van der Waals surface area contributed by atoms with Crippen LogP contribution in [-0.2, 0) is 19.1 Å². The molecule has 104 valence electrons. The van der Waals surface area contributed by atoms with Gasteiger partial charge in [0.2, 0.25) is 11.8 Å². The maximum absolute atomic E-state index is 11.7. The first kappa shape index (κ1) is 16.4. The van der Waals surface area contributed by atoms with Gasteiger partial charge in [-0.15, -0.1) is 0 Å². The van der Waals surface area contributed by atoms with Gasteiger partial charge in [0.25, 0.3) is 0 Å². The molecule has 0 saturated carbocycles. The molecule has 0 rings (SSSR count). The van der Waals surface area contributed by atoms with Crippen molar-refractivity contribution in [3.05, 3.63) is 0 Å². The minimum absolute atomic E-state index is 0.223. The SMILES string of the molecule is CC(=O)NC(C)(C)C(=O)NCC(=O)OC(C)(C)C. The number of hydrogen-bond donors (Lipinski definition) is 2. The molecule has 0 radical (unpaired) electrons. The van der Waals surface area contributed by atoms with E-state index in [1.807, 2.05) is 0 Å². The molecule has 0 fully saturated rings. The summed E-state index contributed by atoms with van der Waals surface area (Å²) >= 11 is 0. The lowest BCUT2D eigenvalue weighted by molar-refractivity contribution is -0.154. The molecule has 0 aromatic carbocycles. The summed E-state index contributed by atoms with van der Waals surface area (Å²) in [6.45, 7) is 9.44. The fourth-order valence-electron chi connectivity index (χ4n) is 1.25. The lowest BCUT2D eigenvalue weighted by Crippen LogP contribution is -2.55. The Labute approximate surface area is 107 Å². The van der Waals surface area contributed by atoms with E-state index < -0.39 is 23.0 Å². The lowest BCUT2D eigenvalue weighted by atomic mass is 10.0. The highest BCUT2D eigenvalue weighted by Crippen LogP contribution is 2.06. The Bertz CT molecular complexity index is 342. The summed E-state index contributed by atoms with van der Waals surface area (Å²) in [6, 6.07) is 0. The molecule has 0 aliphatic rings. The van der Waals surface area contributed by atoms with Crippen LogP contribution in [-0.4, -0.2) is 35.5 Å². The summed E-state index contributed by atoms with van der Waals surface area (Å²) in [7, 11) is 0. The van der Waals surface area contributed by atoms with E-state index >= 15 is 0 Å². The average Bonchev–Trinajstić information content (AvgIpc) is 2.08. The first-order valence-corrected chi connectivity index (χ1v) is 5.73. The predicted molar refractivity (Wildman–Crippen MR) is 66.8 cm³/mol. The zero-order chi connectivity index (χ0) is 14.6. The molecule has 0 unspecified atom stereocenters. The Morgan fingerprint density at radius 3 is 1.94 bits per heavy atom. The number of esters is 1. The van der Waals surface area contributed by atoms with E-state index in [1.165, 1.54) is 6.92 Å². The highest BCUT2D eigenvalue weighted by molar-refractivity contribution is 5.91. The van der Waals surface area contributed by atoms with Crippen molar-refractivity contribution in [1.29, 1.82) is 0 Å². The summed E-state index contributed by atoms with van der Waals surface area (Å²) < 4.78 is 5.04. The zero-order valence-electron chi connectivity index (χ0n) is 11.8. The van der Waals surface area contributed by atoms with Gasteiger partial charge in [0.15, 0.2) is 0 Å². The summed E-state index contributed by atoms with van der Waals surface area (Å²) in [5.74, 6) is -1.27. The van der Waals surface area contributed by atoms with Crippen LogP contribution >= 0.6 is 0 Å². The lowest BCUT2D eigenvalue weighted by Gasteiger charge is -2.25. The van der Waals surface area contributed by atoms with Gasteiger partial charge in [-0.3, -0.25) is 14.4 Å². The van der Waals surface area contributed by atoms with Gasteiger partial charge in [-0.25, -0.2) is 0 Å². The Morgan fingerprint density at radius 2 is 1.56 bits per heavy atom. The van der Waals surface area contributed by atoms with E-state index in [2.05, 4.69) is 10.6 Å². The normalized spacial score (nSPS) is 11.7. The number of nitrogens with one attached hydrogen (secondary N) is 2. The molecular weight excluding hydrogens is 236 g/mol. The Balaban J connectivity index is 4.26. The van der Waals surface area contributed by atoms with Gasteiger partial charge in [0.05, 0.1) is 0 Å². The Kier molecular flexibility index (Phi) is 5.32. The minimum Gasteiger partial charge on any atom is -0.459 e. The molecule has 0 atom stereocenters. The fourth-order valence-corrected chi connectivity index (χ4v) is 1.25. The quantitative estimate of drug-likeness (QED) is 0.713. The number of rotatable bonds is 4. The summed E-state index contributed by atoms with van der Waals surface area (Å²) in [4.78, 5) is 34.0. The van der Waals surface area contributed by atoms with Crippen LogP contribution in [0.5, 0.6) is 0 Å². The smallest absolute Gasteiger partial charge is 0.325 e. The number of ether oxygens (including phenoxy) is 1. The van der Waals surface area contributed by atoms with E-state index in [4.69, 9.17) is 4.74 Å². The summed E-state index contributed by atoms with van der Waals surface area (Å²) in [5, 5.41) is 4.91. The second kappa shape index (κ2) is 5.84. The van der Waals surface area contributed by atoms with Gasteiger partial charge in [0.1, 0.15) is 17.7 Å². The molecule has 0 heterocycles. The van der Waals surface area contributed by atoms with Crippen LogP contribution in [0.2, 0.25) is 0 Å². The number of amides is 2. The van der Waals surface area contributed by atoms with Crippen LogP contribution in [0.3, 0.4) is 0 Å². The van der Waals surface area contributed by atoms with E-state index in [9.17, 15) is 14.4 Å². The molecule has 0 aromatic heterocycles. The van der Waals surface area contributed by atoms with Crippen molar-refractivity contribution in [3.8, 4) is 0 Å². The van der Waals surface area contributed by atoms with Gasteiger partial charge in [0, 0.05) is 6.92 Å². The first-order chi connectivity index (χ1) is 7.94. The molecule has 0 aliphatic carbocycles. The van der Waals surface area contributed by atoms with Crippen LogP contribution < -0.4 is 10.6 Å². The highest BCUT2D eigenvalue weighted by Gasteiger charge is 2.28. The molecule has 2 amide bonds. The monoisotopic (exact) mass is 258 g/mol. The number of hydrogen-bond acceptors (Lipinski definition) is 4. The molecule has 0 aromatic rings. The second-order valence-electron chi connectivity index (χ2n) is 5.58. The molecule has 6 nitrogen and oxygen atoms in total. The van der Waals surface area contributed by atoms with Crippen LogP contribution in [0.4, 0.5) is 0 Å². The highest BCUT2D eigenvalue weighted by atomic mass is 16.6. The molecule has 0 aliphatic heterocycles. The topological polar surface area (TPSA) is 84.5 Å². The number of carbonyl (C=O) groups is 3. The maximum atomic E-state index is 11.7. The van der Waals surface area contributed by atoms with Crippen LogP contribution in [0.15, 0.2) is 0 Å². The van der Waals surface area contributed by atoms with Gasteiger partial charge in [-0.1, -0.05) is 0 Å². The third kappa shape index (κ3) is 6.88. The largest absolute Gasteiger partial charge is 0.459 e. The third-order valence-corrected chi connectivity index (χ3v) is 1.87. The van der Waals surface area contributed by atoms with Gasteiger partial charge < -0.3 is 15.4 Å². The molecule has 0 spiro atoms. The fraction of sp³-hybridized carbons (Fsp3) is 0.750. The van der Waals surface area contributed by atoms with Crippen molar-refractivity contribution in [3.63, 3.8) is 0 Å². The van der Waals surface area contributed by atoms with E-state index in [1.54, 1.807) is 34.6 Å². The van der Waals surface area contributed by atoms with E-state index in [-0.39, 0.29) is 12.5 Å². The Morgan fingerprint density at radius 1 is 1.06 bits per heavy atom. The zero-order valence-corrected chi connectivity index (χ0v) is 11.8. The summed E-state index contributed by atoms with van der Waals surface area (Å²) in [6.07, 6.45) is 0. The molecule has 2 N–H and O–H groups in total. The van der Waals surface area contributed by atoms with Crippen LogP contribution in [0.25, 0.3) is 0 Å². The van der Waals surface area contributed by atoms with Crippen LogP contribution in [0.1, 0.15) is 41.5 Å². The standard InChI is InChI=1S/C12H22N2O4/c1-8(15)14-12(5,6)10(17)13-7-9(16)18-11(2,3)4/h7H2,1-6H3,(H,13,17)(H,14,15). The van der Waals surface area contributed by atoms with Crippen molar-refractivity contribution in [1.82, 2.24) is 10.6 Å². The van der Waals surface area contributed by atoms with Crippen molar-refractivity contribution >= 4 is 17.8 Å². The van der Waals surface area contributed by atoms with Crippen molar-refractivity contribution in [2.45, 2.75) is 52.7 Å². The second-order valence-corrected chi connectivity index (χ2v) is 5.58. The van der Waals surface area contributed by atoms with Gasteiger partial charge >= 0.3 is 5.97 Å². The maximum Gasteiger partial charge on any atom is 0.325 e. The van der Waals surface area contributed by atoms with Crippen LogP contribution in [0, 0.1) is 0 Å². The number of carbonyl (C=O) groups excluding carboxylic acids is 3. The molecule has 0 saturated heterocycles. The molecule has 0 bridgehead atoms. The predicted octanol–water partition coefficient (Wildman–Crippen LogP) is 0.359. The van der Waals surface area contributed by atoms with E-state index in [0.717, 1.165) is 0 Å². The minimum atomic E-state index is -1.06. The molecular formula is C12H22N2O4. The van der Waals surface area contributed by atoms with Gasteiger partial charge in [-0.2, -0.15) is 0 Å². The average molecular weight is 258 g/mol. The Hall–Kier alpha value is -1.59. The first-order valence-electron chi connectivity index (χ1n) is 5.73. The van der Waals surface area contributed by atoms with Crippen molar-refractivity contribution in [2.24, 2.45) is 0 Å². The summed E-state index contributed by atoms with van der Waals surface area (Å²) in [5.41, 5.74) is -1.65. The molecule has 18 heavy (non-hydrogen) atoms. The molecule has 6 heteroatoms. The van der Waals surface area contributed by atoms with Crippen molar-refractivity contribution in [2.75, 3.05) is 6.54 Å². The van der Waals surface area contributed by atoms with Gasteiger partial charge in [-0.05, 0) is 34.6 Å². The van der Waals surface area contributed by atoms with E-state index in [0.29, 0.717) is 0 Å². The van der Waals surface area contributed by atoms with Crippen molar-refractivity contribution < 1.29 is 19.1 Å².